The summed E-state index contributed by atoms with van der Waals surface area (Å²) in [5, 5.41) is 12.7. The van der Waals surface area contributed by atoms with E-state index >= 15 is 0 Å². The molecule has 1 amide bonds. The van der Waals surface area contributed by atoms with Gasteiger partial charge in [-0.05, 0) is 23.6 Å². The van der Waals surface area contributed by atoms with Crippen molar-refractivity contribution >= 4 is 29.0 Å². The molecule has 3 aromatic rings. The minimum Gasteiger partial charge on any atom is -0.351 e. The number of benzene rings is 1. The maximum atomic E-state index is 11.9. The predicted octanol–water partition coefficient (Wildman–Crippen LogP) is 3.06. The van der Waals surface area contributed by atoms with E-state index in [1.54, 1.807) is 23.5 Å². The fourth-order valence-electron chi connectivity index (χ4n) is 1.83. The molecule has 0 unspecified atom stereocenters. The molecule has 0 radical (unpaired) electrons. The number of carbonyl (C=O) groups is 1. The second-order valence-electron chi connectivity index (χ2n) is 4.41. The van der Waals surface area contributed by atoms with Crippen LogP contribution in [0.2, 0.25) is 0 Å². The van der Waals surface area contributed by atoms with Gasteiger partial charge < -0.3 is 5.32 Å². The largest absolute Gasteiger partial charge is 0.351 e. The molecule has 0 aliphatic rings. The van der Waals surface area contributed by atoms with Crippen molar-refractivity contribution in [2.24, 2.45) is 0 Å². The molecule has 0 fully saturated rings. The third-order valence-corrected chi connectivity index (χ3v) is 4.60. The lowest BCUT2D eigenvalue weighted by Crippen LogP contribution is -2.25. The minimum absolute atomic E-state index is 0.0598. The monoisotopic (exact) mass is 330 g/mol. The molecule has 1 aromatic carbocycles. The van der Waals surface area contributed by atoms with Crippen molar-refractivity contribution in [3.63, 3.8) is 0 Å². The Morgan fingerprint density at radius 3 is 2.86 bits per heavy atom. The molecule has 5 nitrogen and oxygen atoms in total. The zero-order valence-corrected chi connectivity index (χ0v) is 13.3. The minimum atomic E-state index is -0.0598. The summed E-state index contributed by atoms with van der Waals surface area (Å²) < 4.78 is 0. The van der Waals surface area contributed by atoms with Crippen LogP contribution in [0.3, 0.4) is 0 Å². The molecule has 2 aromatic heterocycles. The molecule has 2 N–H and O–H groups in total. The van der Waals surface area contributed by atoms with E-state index in [4.69, 9.17) is 0 Å². The number of hydrogen-bond donors (Lipinski definition) is 2. The lowest BCUT2D eigenvalue weighted by Gasteiger charge is -2.03. The number of nitrogens with zero attached hydrogens (tertiary/aromatic N) is 2. The highest BCUT2D eigenvalue weighted by Gasteiger charge is 2.07. The van der Waals surface area contributed by atoms with Crippen LogP contribution in [0.25, 0.3) is 10.7 Å². The fraction of sp³-hybridized carbons (Fsp3) is 0.133. The first-order valence-electron chi connectivity index (χ1n) is 6.75. The van der Waals surface area contributed by atoms with Gasteiger partial charge in [-0.1, -0.05) is 36.0 Å². The van der Waals surface area contributed by atoms with E-state index < -0.39 is 0 Å². The Balaban J connectivity index is 1.45. The van der Waals surface area contributed by atoms with Crippen molar-refractivity contribution in [3.05, 3.63) is 53.4 Å². The van der Waals surface area contributed by atoms with Gasteiger partial charge >= 0.3 is 0 Å². The topological polar surface area (TPSA) is 70.7 Å². The van der Waals surface area contributed by atoms with Crippen molar-refractivity contribution in [1.82, 2.24) is 20.5 Å². The summed E-state index contributed by atoms with van der Waals surface area (Å²) in [5.74, 6) is 1.45. The molecule has 22 heavy (non-hydrogen) atoms. The summed E-state index contributed by atoms with van der Waals surface area (Å²) in [6.07, 6.45) is 0. The number of carbonyl (C=O) groups excluding carboxylic acids is 1. The Bertz CT molecular complexity index is 725. The van der Waals surface area contributed by atoms with Crippen molar-refractivity contribution in [2.75, 3.05) is 12.3 Å². The number of aromatic amines is 1. The van der Waals surface area contributed by atoms with Crippen LogP contribution in [0.1, 0.15) is 10.4 Å². The highest BCUT2D eigenvalue weighted by atomic mass is 32.2. The SMILES string of the molecule is O=C(NCCSc1n[nH]c(-c2cccs2)n1)c1ccccc1. The molecule has 7 heteroatoms. The molecule has 0 saturated carbocycles. The third kappa shape index (κ3) is 3.75. The van der Waals surface area contributed by atoms with Gasteiger partial charge in [0.15, 0.2) is 5.82 Å². The van der Waals surface area contributed by atoms with Crippen LogP contribution < -0.4 is 5.32 Å². The van der Waals surface area contributed by atoms with Gasteiger partial charge in [0.2, 0.25) is 5.16 Å². The maximum Gasteiger partial charge on any atom is 0.251 e. The van der Waals surface area contributed by atoms with Crippen molar-refractivity contribution in [1.29, 1.82) is 0 Å². The molecule has 112 valence electrons. The van der Waals surface area contributed by atoms with E-state index in [1.807, 2.05) is 35.7 Å². The van der Waals surface area contributed by atoms with Crippen LogP contribution in [-0.4, -0.2) is 33.4 Å². The number of thiophene rings is 1. The fourth-order valence-corrected chi connectivity index (χ4v) is 3.15. The number of thioether (sulfide) groups is 1. The Morgan fingerprint density at radius 1 is 1.23 bits per heavy atom. The van der Waals surface area contributed by atoms with Gasteiger partial charge in [-0.2, -0.15) is 0 Å². The number of nitrogens with one attached hydrogen (secondary N) is 2. The predicted molar refractivity (Wildman–Crippen MR) is 89.2 cm³/mol. The van der Waals surface area contributed by atoms with Gasteiger partial charge in [0.05, 0.1) is 4.88 Å². The number of aromatic nitrogens is 3. The van der Waals surface area contributed by atoms with E-state index in [0.717, 1.165) is 16.5 Å². The summed E-state index contributed by atoms with van der Waals surface area (Å²) in [6, 6.07) is 13.2. The Morgan fingerprint density at radius 2 is 2.09 bits per heavy atom. The first-order chi connectivity index (χ1) is 10.8. The van der Waals surface area contributed by atoms with Gasteiger partial charge in [0.1, 0.15) is 0 Å². The van der Waals surface area contributed by atoms with Gasteiger partial charge in [0.25, 0.3) is 5.91 Å². The number of amides is 1. The molecule has 0 spiro atoms. The van der Waals surface area contributed by atoms with Crippen LogP contribution in [0.5, 0.6) is 0 Å². The number of H-pyrrole nitrogens is 1. The highest BCUT2D eigenvalue weighted by molar-refractivity contribution is 7.99. The lowest BCUT2D eigenvalue weighted by atomic mass is 10.2. The molecular weight excluding hydrogens is 316 g/mol. The number of hydrogen-bond acceptors (Lipinski definition) is 5. The van der Waals surface area contributed by atoms with Crippen molar-refractivity contribution in [2.45, 2.75) is 5.16 Å². The molecule has 0 atom stereocenters. The van der Waals surface area contributed by atoms with Gasteiger partial charge in [0, 0.05) is 17.9 Å². The van der Waals surface area contributed by atoms with Crippen LogP contribution in [-0.2, 0) is 0 Å². The number of rotatable bonds is 6. The first kappa shape index (κ1) is 14.8. The molecule has 0 aliphatic carbocycles. The van der Waals surface area contributed by atoms with Gasteiger partial charge in [-0.15, -0.1) is 16.4 Å². The van der Waals surface area contributed by atoms with Gasteiger partial charge in [-0.25, -0.2) is 4.98 Å². The van der Waals surface area contributed by atoms with Crippen LogP contribution in [0.15, 0.2) is 53.0 Å². The maximum absolute atomic E-state index is 11.9. The summed E-state index contributed by atoms with van der Waals surface area (Å²) in [5.41, 5.74) is 0.672. The van der Waals surface area contributed by atoms with Crippen LogP contribution in [0, 0.1) is 0 Å². The van der Waals surface area contributed by atoms with Crippen molar-refractivity contribution in [3.8, 4) is 10.7 Å². The first-order valence-corrected chi connectivity index (χ1v) is 8.62. The Labute approximate surface area is 136 Å². The zero-order chi connectivity index (χ0) is 15.2. The Hall–Kier alpha value is -2.12. The second-order valence-corrected chi connectivity index (χ2v) is 6.42. The standard InChI is InChI=1S/C15H14N4OS2/c20-14(11-5-2-1-3-6-11)16-8-10-22-15-17-13(18-19-15)12-7-4-9-21-12/h1-7,9H,8,10H2,(H,16,20)(H,17,18,19). The zero-order valence-electron chi connectivity index (χ0n) is 11.7. The molecule has 0 saturated heterocycles. The summed E-state index contributed by atoms with van der Waals surface area (Å²) in [6.45, 7) is 0.571. The van der Waals surface area contributed by atoms with Gasteiger partial charge in [-0.3, -0.25) is 9.89 Å². The molecule has 2 heterocycles. The molecule has 3 rings (SSSR count). The van der Waals surface area contributed by atoms with E-state index in [-0.39, 0.29) is 5.91 Å². The average Bonchev–Trinajstić information content (AvgIpc) is 3.23. The van der Waals surface area contributed by atoms with E-state index in [0.29, 0.717) is 17.3 Å². The van der Waals surface area contributed by atoms with E-state index in [1.165, 1.54) is 11.8 Å². The molecular formula is C15H14N4OS2. The normalized spacial score (nSPS) is 10.5. The summed E-state index contributed by atoms with van der Waals surface area (Å²) >= 11 is 3.13. The molecule has 0 bridgehead atoms. The smallest absolute Gasteiger partial charge is 0.251 e. The van der Waals surface area contributed by atoms with Crippen LogP contribution in [0.4, 0.5) is 0 Å². The summed E-state index contributed by atoms with van der Waals surface area (Å²) in [7, 11) is 0. The average molecular weight is 330 g/mol. The Kier molecular flexibility index (Phi) is 4.87. The van der Waals surface area contributed by atoms with Crippen molar-refractivity contribution < 1.29 is 4.79 Å². The van der Waals surface area contributed by atoms with E-state index in [2.05, 4.69) is 20.5 Å². The highest BCUT2D eigenvalue weighted by Crippen LogP contribution is 2.22. The quantitative estimate of drug-likeness (QED) is 0.538. The molecule has 0 aliphatic heterocycles. The second kappa shape index (κ2) is 7.24. The summed E-state index contributed by atoms with van der Waals surface area (Å²) in [4.78, 5) is 17.3. The van der Waals surface area contributed by atoms with Crippen LogP contribution >= 0.6 is 23.1 Å². The third-order valence-electron chi connectivity index (χ3n) is 2.87. The van der Waals surface area contributed by atoms with E-state index in [9.17, 15) is 4.79 Å². The lowest BCUT2D eigenvalue weighted by molar-refractivity contribution is 0.0956.